The van der Waals surface area contributed by atoms with E-state index < -0.39 is 12.1 Å². The standard InChI is InChI=1S/C11H16N2O3/c1-7-3-4-9(5-12-7)11(16)13-10(6-14)8(2)15/h3-5,8,10,14-15H,6H2,1-2H3,(H,13,16). The van der Waals surface area contributed by atoms with Gasteiger partial charge in [0.2, 0.25) is 0 Å². The number of nitrogens with one attached hydrogen (secondary N) is 1. The van der Waals surface area contributed by atoms with Crippen LogP contribution in [-0.4, -0.2) is 39.9 Å². The molecule has 1 rings (SSSR count). The van der Waals surface area contributed by atoms with E-state index >= 15 is 0 Å². The third-order valence-corrected chi connectivity index (χ3v) is 2.27. The molecule has 0 spiro atoms. The third-order valence-electron chi connectivity index (χ3n) is 2.27. The molecule has 0 aromatic carbocycles. The van der Waals surface area contributed by atoms with Gasteiger partial charge in [-0.05, 0) is 26.0 Å². The van der Waals surface area contributed by atoms with Crippen LogP contribution in [0.4, 0.5) is 0 Å². The Balaban J connectivity index is 2.68. The first-order valence-corrected chi connectivity index (χ1v) is 5.07. The first-order chi connectivity index (χ1) is 7.54. The van der Waals surface area contributed by atoms with Gasteiger partial charge in [0.25, 0.3) is 5.91 Å². The highest BCUT2D eigenvalue weighted by Gasteiger charge is 2.17. The lowest BCUT2D eigenvalue weighted by Gasteiger charge is -2.18. The van der Waals surface area contributed by atoms with Crippen LogP contribution in [0.1, 0.15) is 23.0 Å². The monoisotopic (exact) mass is 224 g/mol. The van der Waals surface area contributed by atoms with Crippen molar-refractivity contribution in [2.24, 2.45) is 0 Å². The molecule has 3 N–H and O–H groups in total. The van der Waals surface area contributed by atoms with Crippen LogP contribution in [0.25, 0.3) is 0 Å². The van der Waals surface area contributed by atoms with E-state index in [4.69, 9.17) is 5.11 Å². The Hall–Kier alpha value is -1.46. The molecule has 5 nitrogen and oxygen atoms in total. The summed E-state index contributed by atoms with van der Waals surface area (Å²) in [5.74, 6) is -0.354. The molecule has 5 heteroatoms. The average Bonchev–Trinajstić information content (AvgIpc) is 2.26. The summed E-state index contributed by atoms with van der Waals surface area (Å²) >= 11 is 0. The zero-order valence-corrected chi connectivity index (χ0v) is 9.34. The summed E-state index contributed by atoms with van der Waals surface area (Å²) in [6, 6.07) is 2.72. The molecule has 0 bridgehead atoms. The van der Waals surface area contributed by atoms with Crippen molar-refractivity contribution in [1.82, 2.24) is 10.3 Å². The van der Waals surface area contributed by atoms with Crippen LogP contribution in [-0.2, 0) is 0 Å². The predicted molar refractivity (Wildman–Crippen MR) is 59.0 cm³/mol. The van der Waals surface area contributed by atoms with Crippen molar-refractivity contribution in [3.8, 4) is 0 Å². The Morgan fingerprint density at radius 3 is 2.69 bits per heavy atom. The quantitative estimate of drug-likeness (QED) is 0.665. The van der Waals surface area contributed by atoms with E-state index in [2.05, 4.69) is 10.3 Å². The molecule has 0 saturated heterocycles. The van der Waals surface area contributed by atoms with E-state index in [1.165, 1.54) is 13.1 Å². The summed E-state index contributed by atoms with van der Waals surface area (Å²) < 4.78 is 0. The maximum absolute atomic E-state index is 11.7. The lowest BCUT2D eigenvalue weighted by atomic mass is 10.1. The van der Waals surface area contributed by atoms with Gasteiger partial charge in [-0.1, -0.05) is 0 Å². The van der Waals surface area contributed by atoms with Crippen LogP contribution in [0.3, 0.4) is 0 Å². The van der Waals surface area contributed by atoms with Crippen molar-refractivity contribution < 1.29 is 15.0 Å². The van der Waals surface area contributed by atoms with Crippen molar-refractivity contribution in [2.45, 2.75) is 26.0 Å². The van der Waals surface area contributed by atoms with Crippen LogP contribution in [0.5, 0.6) is 0 Å². The second-order valence-electron chi connectivity index (χ2n) is 3.69. The number of aliphatic hydroxyl groups excluding tert-OH is 2. The molecule has 1 aromatic heterocycles. The van der Waals surface area contributed by atoms with Crippen LogP contribution in [0, 0.1) is 6.92 Å². The van der Waals surface area contributed by atoms with E-state index in [-0.39, 0.29) is 12.5 Å². The van der Waals surface area contributed by atoms with Crippen LogP contribution in [0.15, 0.2) is 18.3 Å². The molecular weight excluding hydrogens is 208 g/mol. The van der Waals surface area contributed by atoms with Gasteiger partial charge in [-0.25, -0.2) is 0 Å². The number of hydrogen-bond acceptors (Lipinski definition) is 4. The summed E-state index contributed by atoms with van der Waals surface area (Å²) in [6.07, 6.45) is 0.661. The van der Waals surface area contributed by atoms with E-state index in [9.17, 15) is 9.90 Å². The fourth-order valence-corrected chi connectivity index (χ4v) is 1.17. The number of aromatic nitrogens is 1. The van der Waals surface area contributed by atoms with Gasteiger partial charge in [0, 0.05) is 11.9 Å². The average molecular weight is 224 g/mol. The van der Waals surface area contributed by atoms with Gasteiger partial charge in [-0.15, -0.1) is 0 Å². The number of hydrogen-bond donors (Lipinski definition) is 3. The van der Waals surface area contributed by atoms with E-state index in [0.29, 0.717) is 5.56 Å². The van der Waals surface area contributed by atoms with Gasteiger partial charge in [0.15, 0.2) is 0 Å². The fourth-order valence-electron chi connectivity index (χ4n) is 1.17. The Kier molecular flexibility index (Phi) is 4.39. The SMILES string of the molecule is Cc1ccc(C(=O)NC(CO)C(C)O)cn1. The highest BCUT2D eigenvalue weighted by Crippen LogP contribution is 2.01. The molecule has 1 amide bonds. The van der Waals surface area contributed by atoms with Gasteiger partial charge < -0.3 is 15.5 Å². The van der Waals surface area contributed by atoms with Crippen molar-refractivity contribution in [3.63, 3.8) is 0 Å². The molecule has 0 aliphatic rings. The highest BCUT2D eigenvalue weighted by molar-refractivity contribution is 5.94. The molecule has 2 atom stereocenters. The van der Waals surface area contributed by atoms with E-state index in [1.54, 1.807) is 12.1 Å². The van der Waals surface area contributed by atoms with Gasteiger partial charge >= 0.3 is 0 Å². The minimum Gasteiger partial charge on any atom is -0.394 e. The van der Waals surface area contributed by atoms with Crippen LogP contribution in [0.2, 0.25) is 0 Å². The largest absolute Gasteiger partial charge is 0.394 e. The van der Waals surface area contributed by atoms with Crippen molar-refractivity contribution in [3.05, 3.63) is 29.6 Å². The smallest absolute Gasteiger partial charge is 0.253 e. The molecule has 0 fully saturated rings. The van der Waals surface area contributed by atoms with Crippen molar-refractivity contribution in [1.29, 1.82) is 0 Å². The highest BCUT2D eigenvalue weighted by atomic mass is 16.3. The molecule has 1 heterocycles. The maximum atomic E-state index is 11.7. The summed E-state index contributed by atoms with van der Waals surface area (Å²) in [5, 5.41) is 20.7. The number of nitrogens with zero attached hydrogens (tertiary/aromatic N) is 1. The van der Waals surface area contributed by atoms with Gasteiger partial charge in [0.1, 0.15) is 0 Å². The van der Waals surface area contributed by atoms with E-state index in [1.807, 2.05) is 6.92 Å². The number of carbonyl (C=O) groups is 1. The molecule has 0 aliphatic heterocycles. The zero-order chi connectivity index (χ0) is 12.1. The Bertz CT molecular complexity index is 349. The number of amides is 1. The number of carbonyl (C=O) groups excluding carboxylic acids is 1. The summed E-state index contributed by atoms with van der Waals surface area (Å²) in [7, 11) is 0. The second-order valence-corrected chi connectivity index (χ2v) is 3.69. The fraction of sp³-hybridized carbons (Fsp3) is 0.455. The second kappa shape index (κ2) is 5.58. The minimum atomic E-state index is -0.799. The number of pyridine rings is 1. The Morgan fingerprint density at radius 1 is 1.56 bits per heavy atom. The van der Waals surface area contributed by atoms with Gasteiger partial charge in [-0.3, -0.25) is 9.78 Å². The molecule has 1 aromatic rings. The topological polar surface area (TPSA) is 82.5 Å². The van der Waals surface area contributed by atoms with Crippen LogP contribution >= 0.6 is 0 Å². The van der Waals surface area contributed by atoms with Crippen LogP contribution < -0.4 is 5.32 Å². The predicted octanol–water partition coefficient (Wildman–Crippen LogP) is -0.138. The lowest BCUT2D eigenvalue weighted by Crippen LogP contribution is -2.44. The Labute approximate surface area is 94.1 Å². The molecule has 16 heavy (non-hydrogen) atoms. The first kappa shape index (κ1) is 12.6. The minimum absolute atomic E-state index is 0.303. The number of aliphatic hydroxyl groups is 2. The zero-order valence-electron chi connectivity index (χ0n) is 9.34. The molecule has 2 unspecified atom stereocenters. The van der Waals surface area contributed by atoms with Crippen molar-refractivity contribution in [2.75, 3.05) is 6.61 Å². The maximum Gasteiger partial charge on any atom is 0.253 e. The van der Waals surface area contributed by atoms with Crippen molar-refractivity contribution >= 4 is 5.91 Å². The third kappa shape index (κ3) is 3.29. The molecule has 88 valence electrons. The summed E-state index contributed by atoms with van der Waals surface area (Å²) in [4.78, 5) is 15.6. The van der Waals surface area contributed by atoms with Gasteiger partial charge in [-0.2, -0.15) is 0 Å². The normalized spacial score (nSPS) is 14.2. The number of aryl methyl sites for hydroxylation is 1. The molecule has 0 saturated carbocycles. The van der Waals surface area contributed by atoms with E-state index in [0.717, 1.165) is 5.69 Å². The van der Waals surface area contributed by atoms with Gasteiger partial charge in [0.05, 0.1) is 24.3 Å². The Morgan fingerprint density at radius 2 is 2.25 bits per heavy atom. The molecule has 0 aliphatic carbocycles. The molecule has 0 radical (unpaired) electrons. The lowest BCUT2D eigenvalue weighted by molar-refractivity contribution is 0.0758. The first-order valence-electron chi connectivity index (χ1n) is 5.07. The summed E-state index contributed by atoms with van der Waals surface area (Å²) in [5.41, 5.74) is 1.23. The molecular formula is C11H16N2O3. The number of rotatable bonds is 4. The summed E-state index contributed by atoms with van der Waals surface area (Å²) in [6.45, 7) is 3.03.